The van der Waals surface area contributed by atoms with Gasteiger partial charge in [-0.3, -0.25) is 0 Å². The Morgan fingerprint density at radius 1 is 1.24 bits per heavy atom. The number of benzene rings is 1. The third kappa shape index (κ3) is 9.19. The maximum absolute atomic E-state index is 9.42. The van der Waals surface area contributed by atoms with Crippen molar-refractivity contribution in [3.05, 3.63) is 22.2 Å². The van der Waals surface area contributed by atoms with Crippen molar-refractivity contribution in [2.45, 2.75) is 59.2 Å². The van der Waals surface area contributed by atoms with Gasteiger partial charge in [-0.05, 0) is 47.5 Å². The van der Waals surface area contributed by atoms with Crippen LogP contribution < -0.4 is 4.74 Å². The summed E-state index contributed by atoms with van der Waals surface area (Å²) in [6.45, 7) is 10.7. The molecule has 0 saturated heterocycles. The average molecular weight is 392 g/mol. The second-order valence-corrected chi connectivity index (χ2v) is 7.71. The van der Waals surface area contributed by atoms with Gasteiger partial charge in [-0.1, -0.05) is 28.4 Å². The summed E-state index contributed by atoms with van der Waals surface area (Å²) in [5.41, 5.74) is 0.493. The van der Waals surface area contributed by atoms with E-state index >= 15 is 0 Å². The minimum Gasteiger partial charge on any atom is -0.508 e. The second-order valence-electron chi connectivity index (χ2n) is 6.89. The Bertz CT molecular complexity index is 562. The zero-order chi connectivity index (χ0) is 19.0. The lowest BCUT2D eigenvalue weighted by atomic mass is 10.2. The van der Waals surface area contributed by atoms with Gasteiger partial charge >= 0.3 is 0 Å². The molecule has 0 aromatic heterocycles. The molecule has 0 spiro atoms. The molecule has 1 aromatic carbocycles. The average Bonchev–Trinajstić information content (AvgIpc) is 2.47. The third-order valence-electron chi connectivity index (χ3n) is 2.99. The van der Waals surface area contributed by atoms with Crippen LogP contribution in [0.15, 0.2) is 17.3 Å². The van der Waals surface area contributed by atoms with Gasteiger partial charge in [0.25, 0.3) is 0 Å². The number of halogens is 2. The maximum Gasteiger partial charge on any atom is 0.157 e. The molecule has 7 heteroatoms. The molecule has 0 radical (unpaired) electrons. The summed E-state index contributed by atoms with van der Waals surface area (Å²) in [6.07, 6.45) is 1.52. The van der Waals surface area contributed by atoms with Crippen LogP contribution in [0.2, 0.25) is 10.0 Å². The van der Waals surface area contributed by atoms with Crippen molar-refractivity contribution in [3.8, 4) is 11.5 Å². The van der Waals surface area contributed by atoms with Crippen molar-refractivity contribution in [2.24, 2.45) is 5.16 Å². The standard InChI is InChI=1S/C18H27Cl2NO4/c1-12(21-25-18(3,4)5)11-23-8-6-7-13(2)24-17-15(19)9-14(22)10-16(17)20/h9-10,13,22H,6-8,11H2,1-5H3. The number of phenolic OH excluding ortho intramolecular Hbond substituents is 1. The first kappa shape index (κ1) is 21.9. The Hall–Kier alpha value is -1.17. The van der Waals surface area contributed by atoms with Crippen molar-refractivity contribution in [1.29, 1.82) is 0 Å². The maximum atomic E-state index is 9.42. The minimum absolute atomic E-state index is 0.0101. The van der Waals surface area contributed by atoms with Gasteiger partial charge in [0.15, 0.2) is 5.75 Å². The fourth-order valence-corrected chi connectivity index (χ4v) is 2.42. The van der Waals surface area contributed by atoms with E-state index in [0.717, 1.165) is 18.6 Å². The first-order valence-corrected chi connectivity index (χ1v) is 8.98. The van der Waals surface area contributed by atoms with Gasteiger partial charge in [-0.2, -0.15) is 0 Å². The van der Waals surface area contributed by atoms with Crippen LogP contribution in [-0.2, 0) is 9.57 Å². The lowest BCUT2D eigenvalue weighted by molar-refractivity contribution is -0.000686. The Balaban J connectivity index is 2.29. The van der Waals surface area contributed by atoms with Crippen molar-refractivity contribution >= 4 is 28.9 Å². The molecule has 0 saturated carbocycles. The summed E-state index contributed by atoms with van der Waals surface area (Å²) in [4.78, 5) is 5.33. The molecule has 0 amide bonds. The molecule has 1 atom stereocenters. The number of hydrogen-bond donors (Lipinski definition) is 1. The number of oxime groups is 1. The van der Waals surface area contributed by atoms with Crippen molar-refractivity contribution < 1.29 is 19.4 Å². The Morgan fingerprint density at radius 2 is 1.84 bits per heavy atom. The summed E-state index contributed by atoms with van der Waals surface area (Å²) in [5.74, 6) is 0.396. The van der Waals surface area contributed by atoms with E-state index in [0.29, 0.717) is 29.0 Å². The summed E-state index contributed by atoms with van der Waals surface area (Å²) < 4.78 is 11.3. The molecule has 1 N–H and O–H groups in total. The van der Waals surface area contributed by atoms with Crippen LogP contribution in [-0.4, -0.2) is 35.7 Å². The van der Waals surface area contributed by atoms with E-state index in [2.05, 4.69) is 5.16 Å². The Morgan fingerprint density at radius 3 is 2.40 bits per heavy atom. The first-order chi connectivity index (χ1) is 11.6. The molecular weight excluding hydrogens is 365 g/mol. The second kappa shape index (κ2) is 10.1. The molecule has 0 heterocycles. The molecular formula is C18H27Cl2NO4. The quantitative estimate of drug-likeness (QED) is 0.345. The van der Waals surface area contributed by atoms with Crippen LogP contribution in [0.25, 0.3) is 0 Å². The van der Waals surface area contributed by atoms with Gasteiger partial charge in [0.05, 0.1) is 28.5 Å². The number of nitrogens with zero attached hydrogens (tertiary/aromatic N) is 1. The minimum atomic E-state index is -0.301. The van der Waals surface area contributed by atoms with E-state index in [4.69, 9.17) is 37.5 Å². The molecule has 0 bridgehead atoms. The van der Waals surface area contributed by atoms with E-state index in [1.165, 1.54) is 12.1 Å². The molecule has 5 nitrogen and oxygen atoms in total. The highest BCUT2D eigenvalue weighted by Gasteiger charge is 2.13. The van der Waals surface area contributed by atoms with Gasteiger partial charge in [-0.15, -0.1) is 0 Å². The van der Waals surface area contributed by atoms with E-state index < -0.39 is 0 Å². The number of aromatic hydroxyl groups is 1. The highest BCUT2D eigenvalue weighted by molar-refractivity contribution is 6.37. The van der Waals surface area contributed by atoms with Gasteiger partial charge in [0, 0.05) is 18.7 Å². The molecule has 0 fully saturated rings. The Kier molecular flexibility index (Phi) is 8.83. The highest BCUT2D eigenvalue weighted by atomic mass is 35.5. The van der Waals surface area contributed by atoms with Crippen LogP contribution in [0.5, 0.6) is 11.5 Å². The summed E-state index contributed by atoms with van der Waals surface area (Å²) in [7, 11) is 0. The summed E-state index contributed by atoms with van der Waals surface area (Å²) >= 11 is 12.1. The van der Waals surface area contributed by atoms with Crippen LogP contribution in [0.3, 0.4) is 0 Å². The normalized spacial score (nSPS) is 13.6. The van der Waals surface area contributed by atoms with Crippen LogP contribution >= 0.6 is 23.2 Å². The molecule has 142 valence electrons. The lowest BCUT2D eigenvalue weighted by Crippen LogP contribution is -2.18. The summed E-state index contributed by atoms with van der Waals surface area (Å²) in [6, 6.07) is 2.81. The fourth-order valence-electron chi connectivity index (χ4n) is 1.85. The van der Waals surface area contributed by atoms with E-state index in [9.17, 15) is 5.11 Å². The topological polar surface area (TPSA) is 60.3 Å². The zero-order valence-corrected chi connectivity index (χ0v) is 16.9. The molecule has 0 aliphatic heterocycles. The van der Waals surface area contributed by atoms with Crippen LogP contribution in [0.1, 0.15) is 47.5 Å². The van der Waals surface area contributed by atoms with Crippen molar-refractivity contribution in [1.82, 2.24) is 0 Å². The first-order valence-electron chi connectivity index (χ1n) is 8.22. The van der Waals surface area contributed by atoms with E-state index in [-0.39, 0.29) is 17.5 Å². The molecule has 0 aliphatic rings. The van der Waals surface area contributed by atoms with E-state index in [1.807, 2.05) is 34.6 Å². The van der Waals surface area contributed by atoms with E-state index in [1.54, 1.807) is 0 Å². The molecule has 1 rings (SSSR count). The molecule has 25 heavy (non-hydrogen) atoms. The van der Waals surface area contributed by atoms with Gasteiger partial charge in [-0.25, -0.2) is 0 Å². The zero-order valence-electron chi connectivity index (χ0n) is 15.4. The van der Waals surface area contributed by atoms with Crippen LogP contribution in [0, 0.1) is 0 Å². The van der Waals surface area contributed by atoms with Gasteiger partial charge < -0.3 is 19.4 Å². The lowest BCUT2D eigenvalue weighted by Gasteiger charge is -2.17. The summed E-state index contributed by atoms with van der Waals surface area (Å²) in [5, 5.41) is 14.0. The van der Waals surface area contributed by atoms with Crippen molar-refractivity contribution in [2.75, 3.05) is 13.2 Å². The number of ether oxygens (including phenoxy) is 2. The SMILES string of the molecule is CC(COCCCC(C)Oc1c(Cl)cc(O)cc1Cl)=NOC(C)(C)C. The predicted molar refractivity (Wildman–Crippen MR) is 102 cm³/mol. The van der Waals surface area contributed by atoms with Crippen molar-refractivity contribution in [3.63, 3.8) is 0 Å². The predicted octanol–water partition coefficient (Wildman–Crippen LogP) is 5.45. The smallest absolute Gasteiger partial charge is 0.157 e. The largest absolute Gasteiger partial charge is 0.508 e. The number of phenols is 1. The molecule has 0 aliphatic carbocycles. The Labute approximate surface area is 159 Å². The van der Waals surface area contributed by atoms with Gasteiger partial charge in [0.2, 0.25) is 0 Å². The monoisotopic (exact) mass is 391 g/mol. The van der Waals surface area contributed by atoms with Gasteiger partial charge in [0.1, 0.15) is 11.4 Å². The highest BCUT2D eigenvalue weighted by Crippen LogP contribution is 2.37. The molecule has 1 aromatic rings. The van der Waals surface area contributed by atoms with Crippen LogP contribution in [0.4, 0.5) is 0 Å². The fraction of sp³-hybridized carbons (Fsp3) is 0.611. The number of hydrogen-bond acceptors (Lipinski definition) is 5. The third-order valence-corrected chi connectivity index (χ3v) is 3.55. The number of rotatable bonds is 9. The molecule has 1 unspecified atom stereocenters.